The van der Waals surface area contributed by atoms with Gasteiger partial charge < -0.3 is 4.90 Å². The normalized spacial score (nSPS) is 12.9. The van der Waals surface area contributed by atoms with E-state index in [0.29, 0.717) is 6.04 Å². The zero-order valence-electron chi connectivity index (χ0n) is 9.87. The average Bonchev–Trinajstić information content (AvgIpc) is 2.15. The molecule has 0 radical (unpaired) electrons. The molecule has 0 fully saturated rings. The van der Waals surface area contributed by atoms with Crippen molar-refractivity contribution in [1.82, 2.24) is 4.98 Å². The van der Waals surface area contributed by atoms with Crippen LogP contribution < -0.4 is 4.90 Å². The monoisotopic (exact) mass is 270 g/mol. The van der Waals surface area contributed by atoms with E-state index < -0.39 is 0 Å². The maximum atomic E-state index is 4.18. The van der Waals surface area contributed by atoms with E-state index in [4.69, 9.17) is 0 Å². The summed E-state index contributed by atoms with van der Waals surface area (Å²) in [5.74, 6) is 0.725. The van der Waals surface area contributed by atoms with Crippen LogP contribution in [0.4, 0.5) is 5.69 Å². The summed E-state index contributed by atoms with van der Waals surface area (Å²) in [5.41, 5.74) is 1.16. The summed E-state index contributed by atoms with van der Waals surface area (Å²) in [6.45, 7) is 6.76. The maximum absolute atomic E-state index is 4.18. The van der Waals surface area contributed by atoms with Gasteiger partial charge in [0.1, 0.15) is 0 Å². The quantitative estimate of drug-likeness (QED) is 0.829. The number of pyridine rings is 1. The number of halogens is 1. The second-order valence-electron chi connectivity index (χ2n) is 4.45. The fraction of sp³-hybridized carbons (Fsp3) is 0.583. The van der Waals surface area contributed by atoms with Crippen LogP contribution in [0.15, 0.2) is 22.9 Å². The van der Waals surface area contributed by atoms with Crippen molar-refractivity contribution >= 4 is 21.6 Å². The van der Waals surface area contributed by atoms with Crippen LogP contribution in [0.1, 0.15) is 27.2 Å². The highest BCUT2D eigenvalue weighted by Crippen LogP contribution is 2.21. The number of nitrogens with zero attached hydrogens (tertiary/aromatic N) is 2. The van der Waals surface area contributed by atoms with Crippen LogP contribution in [0.25, 0.3) is 0 Å². The van der Waals surface area contributed by atoms with Crippen LogP contribution in [0.5, 0.6) is 0 Å². The van der Waals surface area contributed by atoms with E-state index in [2.05, 4.69) is 59.7 Å². The lowest BCUT2D eigenvalue weighted by Crippen LogP contribution is -2.30. The van der Waals surface area contributed by atoms with E-state index in [0.717, 1.165) is 16.1 Å². The van der Waals surface area contributed by atoms with Crippen molar-refractivity contribution in [3.8, 4) is 0 Å². The van der Waals surface area contributed by atoms with E-state index in [-0.39, 0.29) is 0 Å². The molecule has 1 aromatic heterocycles. The maximum Gasteiger partial charge on any atom is 0.0563 e. The summed E-state index contributed by atoms with van der Waals surface area (Å²) in [6, 6.07) is 2.64. The lowest BCUT2D eigenvalue weighted by molar-refractivity contribution is 0.504. The molecule has 0 saturated carbocycles. The van der Waals surface area contributed by atoms with Gasteiger partial charge in [-0.05, 0) is 41.3 Å². The number of aromatic nitrogens is 1. The van der Waals surface area contributed by atoms with E-state index in [9.17, 15) is 0 Å². The van der Waals surface area contributed by atoms with Crippen molar-refractivity contribution in [3.63, 3.8) is 0 Å². The summed E-state index contributed by atoms with van der Waals surface area (Å²) < 4.78 is 1.03. The van der Waals surface area contributed by atoms with Gasteiger partial charge in [-0.25, -0.2) is 0 Å². The largest absolute Gasteiger partial charge is 0.371 e. The molecule has 1 aromatic rings. The van der Waals surface area contributed by atoms with Crippen LogP contribution in [0, 0.1) is 5.92 Å². The topological polar surface area (TPSA) is 16.1 Å². The molecule has 1 rings (SSSR count). The minimum atomic E-state index is 0.543. The van der Waals surface area contributed by atoms with Crippen LogP contribution >= 0.6 is 15.9 Å². The Morgan fingerprint density at radius 3 is 2.53 bits per heavy atom. The van der Waals surface area contributed by atoms with Crippen LogP contribution in [0.2, 0.25) is 0 Å². The Kier molecular flexibility index (Phi) is 4.58. The van der Waals surface area contributed by atoms with Gasteiger partial charge in [-0.2, -0.15) is 0 Å². The number of anilines is 1. The first-order chi connectivity index (χ1) is 7.00. The average molecular weight is 271 g/mol. The SMILES string of the molecule is CC(C)CC(C)N(C)c1cncc(Br)c1. The molecule has 0 amide bonds. The molecule has 0 aliphatic heterocycles. The molecule has 2 nitrogen and oxygen atoms in total. The smallest absolute Gasteiger partial charge is 0.0563 e. The van der Waals surface area contributed by atoms with Gasteiger partial charge in [0.05, 0.1) is 11.9 Å². The van der Waals surface area contributed by atoms with Crippen LogP contribution in [-0.2, 0) is 0 Å². The van der Waals surface area contributed by atoms with Gasteiger partial charge in [0, 0.05) is 23.8 Å². The Bertz CT molecular complexity index is 312. The first kappa shape index (κ1) is 12.5. The molecule has 84 valence electrons. The highest BCUT2D eigenvalue weighted by Gasteiger charge is 2.11. The summed E-state index contributed by atoms with van der Waals surface area (Å²) in [5, 5.41) is 0. The highest BCUT2D eigenvalue weighted by molar-refractivity contribution is 9.10. The Balaban J connectivity index is 2.71. The van der Waals surface area contributed by atoms with Gasteiger partial charge in [0.2, 0.25) is 0 Å². The lowest BCUT2D eigenvalue weighted by atomic mass is 10.0. The molecule has 0 spiro atoms. The minimum absolute atomic E-state index is 0.543. The second-order valence-corrected chi connectivity index (χ2v) is 5.37. The molecule has 15 heavy (non-hydrogen) atoms. The van der Waals surface area contributed by atoms with Gasteiger partial charge >= 0.3 is 0 Å². The molecule has 0 N–H and O–H groups in total. The minimum Gasteiger partial charge on any atom is -0.371 e. The van der Waals surface area contributed by atoms with Gasteiger partial charge in [0.25, 0.3) is 0 Å². The molecule has 0 aliphatic carbocycles. The van der Waals surface area contributed by atoms with Gasteiger partial charge in [0.15, 0.2) is 0 Å². The molecule has 0 saturated heterocycles. The number of hydrogen-bond acceptors (Lipinski definition) is 2. The predicted octanol–water partition coefficient (Wildman–Crippen LogP) is 3.71. The summed E-state index contributed by atoms with van der Waals surface area (Å²) in [4.78, 5) is 6.45. The summed E-state index contributed by atoms with van der Waals surface area (Å²) in [6.07, 6.45) is 4.91. The van der Waals surface area contributed by atoms with Gasteiger partial charge in [-0.1, -0.05) is 13.8 Å². The number of hydrogen-bond donors (Lipinski definition) is 0. The second kappa shape index (κ2) is 5.50. The van der Waals surface area contributed by atoms with Crippen molar-refractivity contribution in [2.45, 2.75) is 33.2 Å². The highest BCUT2D eigenvalue weighted by atomic mass is 79.9. The fourth-order valence-corrected chi connectivity index (χ4v) is 2.04. The molecular weight excluding hydrogens is 252 g/mol. The van der Waals surface area contributed by atoms with Crippen LogP contribution in [0.3, 0.4) is 0 Å². The fourth-order valence-electron chi connectivity index (χ4n) is 1.69. The Hall–Kier alpha value is -0.570. The zero-order valence-corrected chi connectivity index (χ0v) is 11.5. The van der Waals surface area contributed by atoms with E-state index in [1.165, 1.54) is 6.42 Å². The van der Waals surface area contributed by atoms with E-state index in [1.54, 1.807) is 0 Å². The van der Waals surface area contributed by atoms with E-state index in [1.807, 2.05) is 12.4 Å². The van der Waals surface area contributed by atoms with Gasteiger partial charge in [-0.3, -0.25) is 4.98 Å². The molecule has 1 atom stereocenters. The lowest BCUT2D eigenvalue weighted by Gasteiger charge is -2.28. The Labute approximate surface area is 101 Å². The van der Waals surface area contributed by atoms with Crippen molar-refractivity contribution in [1.29, 1.82) is 0 Å². The molecule has 1 heterocycles. The Morgan fingerprint density at radius 2 is 2.00 bits per heavy atom. The number of rotatable bonds is 4. The van der Waals surface area contributed by atoms with E-state index >= 15 is 0 Å². The molecule has 3 heteroatoms. The van der Waals surface area contributed by atoms with Crippen molar-refractivity contribution < 1.29 is 0 Å². The standard InChI is InChI=1S/C12H19BrN2/c1-9(2)5-10(3)15(4)12-6-11(13)7-14-8-12/h6-10H,5H2,1-4H3. The third-order valence-corrected chi connectivity index (χ3v) is 3.01. The predicted molar refractivity (Wildman–Crippen MR) is 69.3 cm³/mol. The molecule has 0 aromatic carbocycles. The molecule has 0 aliphatic rings. The third-order valence-electron chi connectivity index (χ3n) is 2.57. The third kappa shape index (κ3) is 3.82. The first-order valence-electron chi connectivity index (χ1n) is 5.34. The summed E-state index contributed by atoms with van der Waals surface area (Å²) in [7, 11) is 2.12. The molecular formula is C12H19BrN2. The molecule has 0 bridgehead atoms. The molecule has 1 unspecified atom stereocenters. The first-order valence-corrected chi connectivity index (χ1v) is 6.13. The Morgan fingerprint density at radius 1 is 1.33 bits per heavy atom. The van der Waals surface area contributed by atoms with Gasteiger partial charge in [-0.15, -0.1) is 0 Å². The van der Waals surface area contributed by atoms with Crippen molar-refractivity contribution in [2.75, 3.05) is 11.9 Å². The van der Waals surface area contributed by atoms with Crippen molar-refractivity contribution in [2.24, 2.45) is 5.92 Å². The van der Waals surface area contributed by atoms with Crippen LogP contribution in [-0.4, -0.2) is 18.1 Å². The summed E-state index contributed by atoms with van der Waals surface area (Å²) >= 11 is 3.44. The zero-order chi connectivity index (χ0) is 11.4. The van der Waals surface area contributed by atoms with Crippen molar-refractivity contribution in [3.05, 3.63) is 22.9 Å².